The van der Waals surface area contributed by atoms with Crippen molar-refractivity contribution < 1.29 is 37.1 Å². The number of alkyl carbamates (subject to hydrolysis) is 1. The Morgan fingerprint density at radius 3 is 2.49 bits per heavy atom. The summed E-state index contributed by atoms with van der Waals surface area (Å²) in [6, 6.07) is 4.43. The summed E-state index contributed by atoms with van der Waals surface area (Å²) in [5, 5.41) is 6.91. The number of fused-ring (bicyclic) bond motifs is 5. The highest BCUT2D eigenvalue weighted by molar-refractivity contribution is 7.91. The van der Waals surface area contributed by atoms with Gasteiger partial charge in [0.05, 0.1) is 22.5 Å². The number of rotatable bonds is 5. The maximum absolute atomic E-state index is 14.9. The monoisotopic (exact) mass is 803 g/mol. The topological polar surface area (TPSA) is 173 Å². The van der Waals surface area contributed by atoms with Crippen molar-refractivity contribution in [2.75, 3.05) is 6.54 Å². The third-order valence-electron chi connectivity index (χ3n) is 13.2. The van der Waals surface area contributed by atoms with Gasteiger partial charge in [-0.05, 0) is 129 Å². The number of carbonyl (C=O) groups is 4. The number of hydrogen-bond acceptors (Lipinski definition) is 9. The lowest BCUT2D eigenvalue weighted by atomic mass is 9.65. The molecule has 14 heteroatoms. The zero-order valence-corrected chi connectivity index (χ0v) is 34.7. The third kappa shape index (κ3) is 7.62. The fraction of sp³-hybridized carbons (Fsp3) is 0.651. The SMILES string of the molecule is Cc1nc2ccc(C3CC3)cc2c2c1O[C@]1(CC2)C[C@H]2C(=O)N[C@]3(C(=O)NS(=O)(=O)C4(C)CC4)CC[C@H]3/C=C\CCCCC[C@H](NC(=O)OC(C)(C)C)C(=O)N2C1. The van der Waals surface area contributed by atoms with Gasteiger partial charge in [0.2, 0.25) is 21.8 Å². The van der Waals surface area contributed by atoms with Crippen LogP contribution in [0.3, 0.4) is 0 Å². The molecule has 0 bridgehead atoms. The Bertz CT molecular complexity index is 2140. The highest BCUT2D eigenvalue weighted by atomic mass is 32.2. The lowest BCUT2D eigenvalue weighted by Crippen LogP contribution is -2.70. The zero-order valence-electron chi connectivity index (χ0n) is 33.9. The van der Waals surface area contributed by atoms with Crippen LogP contribution in [0.25, 0.3) is 10.9 Å². The molecule has 1 aromatic carbocycles. The predicted molar refractivity (Wildman–Crippen MR) is 214 cm³/mol. The average molecular weight is 804 g/mol. The van der Waals surface area contributed by atoms with Crippen molar-refractivity contribution in [2.24, 2.45) is 5.92 Å². The van der Waals surface area contributed by atoms with Gasteiger partial charge >= 0.3 is 6.09 Å². The molecule has 4 amide bonds. The Morgan fingerprint density at radius 1 is 1.04 bits per heavy atom. The molecule has 1 aromatic heterocycles. The smallest absolute Gasteiger partial charge is 0.408 e. The lowest BCUT2D eigenvalue weighted by molar-refractivity contribution is -0.144. The summed E-state index contributed by atoms with van der Waals surface area (Å²) < 4.78 is 40.6. The summed E-state index contributed by atoms with van der Waals surface area (Å²) in [6.07, 6.45) is 11.9. The number of aromatic nitrogens is 1. The van der Waals surface area contributed by atoms with E-state index in [1.165, 1.54) is 23.3 Å². The van der Waals surface area contributed by atoms with Crippen LogP contribution in [-0.2, 0) is 35.6 Å². The van der Waals surface area contributed by atoms with Crippen molar-refractivity contribution in [3.63, 3.8) is 0 Å². The van der Waals surface area contributed by atoms with Gasteiger partial charge in [-0.15, -0.1) is 0 Å². The highest BCUT2D eigenvalue weighted by Gasteiger charge is 2.59. The lowest BCUT2D eigenvalue weighted by Gasteiger charge is -2.48. The van der Waals surface area contributed by atoms with Crippen LogP contribution in [0.1, 0.15) is 134 Å². The third-order valence-corrected chi connectivity index (χ3v) is 15.4. The van der Waals surface area contributed by atoms with Crippen molar-refractivity contribution in [3.05, 3.63) is 47.2 Å². The number of aryl methyl sites for hydroxylation is 2. The van der Waals surface area contributed by atoms with E-state index in [0.717, 1.165) is 35.0 Å². The quantitative estimate of drug-likeness (QED) is 0.318. The van der Waals surface area contributed by atoms with E-state index >= 15 is 0 Å². The molecule has 308 valence electrons. The maximum Gasteiger partial charge on any atom is 0.408 e. The summed E-state index contributed by atoms with van der Waals surface area (Å²) in [6.45, 7) is 8.87. The van der Waals surface area contributed by atoms with E-state index in [1.807, 2.05) is 19.1 Å². The normalized spacial score (nSPS) is 30.6. The predicted octanol–water partition coefficient (Wildman–Crippen LogP) is 5.76. The molecular formula is C43H57N5O8S. The Morgan fingerprint density at radius 2 is 1.81 bits per heavy atom. The molecule has 5 atom stereocenters. The van der Waals surface area contributed by atoms with E-state index in [0.29, 0.717) is 63.0 Å². The van der Waals surface area contributed by atoms with Crippen molar-refractivity contribution in [1.82, 2.24) is 25.2 Å². The van der Waals surface area contributed by atoms with Crippen LogP contribution in [0.5, 0.6) is 5.75 Å². The second-order valence-corrected chi connectivity index (χ2v) is 21.0. The first-order chi connectivity index (χ1) is 26.9. The van der Waals surface area contributed by atoms with Gasteiger partial charge in [-0.3, -0.25) is 19.1 Å². The van der Waals surface area contributed by atoms with Gasteiger partial charge in [0, 0.05) is 23.3 Å². The van der Waals surface area contributed by atoms with Crippen LogP contribution < -0.4 is 20.1 Å². The Balaban J connectivity index is 1.15. The van der Waals surface area contributed by atoms with Gasteiger partial charge in [-0.25, -0.2) is 18.2 Å². The number of ether oxygens (including phenoxy) is 2. The molecule has 6 aliphatic rings. The number of hydrogen-bond donors (Lipinski definition) is 3. The minimum absolute atomic E-state index is 0.0741. The van der Waals surface area contributed by atoms with Gasteiger partial charge in [0.25, 0.3) is 5.91 Å². The van der Waals surface area contributed by atoms with Crippen LogP contribution in [-0.4, -0.2) is 82.2 Å². The zero-order chi connectivity index (χ0) is 40.5. The van der Waals surface area contributed by atoms with E-state index in [-0.39, 0.29) is 19.4 Å². The van der Waals surface area contributed by atoms with E-state index in [2.05, 4.69) is 33.6 Å². The number of amides is 4. The molecule has 1 spiro atoms. The minimum atomic E-state index is -4.00. The van der Waals surface area contributed by atoms with Crippen LogP contribution in [0.15, 0.2) is 30.4 Å². The molecule has 3 saturated carbocycles. The number of benzene rings is 1. The summed E-state index contributed by atoms with van der Waals surface area (Å²) >= 11 is 0. The van der Waals surface area contributed by atoms with Crippen LogP contribution >= 0.6 is 0 Å². The number of carbonyl (C=O) groups excluding carboxylic acids is 4. The van der Waals surface area contributed by atoms with Gasteiger partial charge in [0.15, 0.2) is 0 Å². The molecule has 1 saturated heterocycles. The molecule has 4 heterocycles. The molecule has 0 radical (unpaired) electrons. The molecule has 3 aliphatic carbocycles. The fourth-order valence-corrected chi connectivity index (χ4v) is 10.5. The molecule has 13 nitrogen and oxygen atoms in total. The first-order valence-corrected chi connectivity index (χ1v) is 22.4. The van der Waals surface area contributed by atoms with E-state index in [1.54, 1.807) is 27.7 Å². The molecular weight excluding hydrogens is 747 g/mol. The van der Waals surface area contributed by atoms with Crippen molar-refractivity contribution in [3.8, 4) is 5.75 Å². The number of pyridine rings is 1. The number of nitrogens with zero attached hydrogens (tertiary/aromatic N) is 2. The van der Waals surface area contributed by atoms with Crippen LogP contribution in [0, 0.1) is 12.8 Å². The van der Waals surface area contributed by atoms with E-state index in [9.17, 15) is 27.6 Å². The first-order valence-electron chi connectivity index (χ1n) is 20.9. The molecule has 4 fully saturated rings. The fourth-order valence-electron chi connectivity index (χ4n) is 9.20. The second kappa shape index (κ2) is 14.3. The van der Waals surface area contributed by atoms with Gasteiger partial charge in [-0.1, -0.05) is 31.1 Å². The minimum Gasteiger partial charge on any atom is -0.483 e. The van der Waals surface area contributed by atoms with Gasteiger partial charge in [0.1, 0.15) is 34.6 Å². The second-order valence-electron chi connectivity index (χ2n) is 18.8. The van der Waals surface area contributed by atoms with Crippen LogP contribution in [0.4, 0.5) is 4.79 Å². The average Bonchev–Trinajstić information content (AvgIpc) is 4.08. The van der Waals surface area contributed by atoms with Crippen LogP contribution in [0.2, 0.25) is 0 Å². The number of nitrogens with one attached hydrogen (secondary N) is 3. The summed E-state index contributed by atoms with van der Waals surface area (Å²) in [5.41, 5.74) is 0.727. The Labute approximate surface area is 335 Å². The van der Waals surface area contributed by atoms with E-state index in [4.69, 9.17) is 14.5 Å². The summed E-state index contributed by atoms with van der Waals surface area (Å²) in [4.78, 5) is 63.5. The van der Waals surface area contributed by atoms with Crippen molar-refractivity contribution in [2.45, 2.75) is 164 Å². The van der Waals surface area contributed by atoms with E-state index < -0.39 is 73.3 Å². The summed E-state index contributed by atoms with van der Waals surface area (Å²) in [7, 11) is -4.00. The molecule has 3 aliphatic heterocycles. The highest BCUT2D eigenvalue weighted by Crippen LogP contribution is 2.48. The molecule has 2 aromatic rings. The standard InChI is InChI=1S/C43H57N5O8S/c1-26-35-30(31-23-28(27-13-14-27)15-16-32(31)44-26)18-19-42(55-35)24-34-36(49)46-43(38(51)47-57(53,54)41(5)21-22-41)20-17-29(43)11-9-7-6-8-10-12-33(37(50)48(34)25-42)45-39(52)56-40(2,3)4/h9,11,15-16,23,27,29,33-34H,6-8,10,12-14,17-22,24-25H2,1-5H3,(H,45,52)(H,46,49)(H,47,51)/b11-9-/t29-,33+,34+,42-,43-/m1/s1. The Hall–Kier alpha value is -4.20. The van der Waals surface area contributed by atoms with Crippen molar-refractivity contribution >= 4 is 44.7 Å². The first kappa shape index (κ1) is 39.6. The Kier molecular flexibility index (Phi) is 9.92. The molecule has 3 N–H and O–H groups in total. The molecule has 8 rings (SSSR count). The van der Waals surface area contributed by atoms with Gasteiger partial charge < -0.3 is 25.0 Å². The maximum atomic E-state index is 14.9. The number of sulfonamides is 1. The van der Waals surface area contributed by atoms with Crippen molar-refractivity contribution in [1.29, 1.82) is 0 Å². The largest absolute Gasteiger partial charge is 0.483 e. The van der Waals surface area contributed by atoms with Gasteiger partial charge in [-0.2, -0.15) is 0 Å². The molecule has 57 heavy (non-hydrogen) atoms. The molecule has 0 unspecified atom stereocenters. The number of allylic oxidation sites excluding steroid dienone is 1. The summed E-state index contributed by atoms with van der Waals surface area (Å²) in [5.74, 6) is -0.956.